The highest BCUT2D eigenvalue weighted by Crippen LogP contribution is 2.62. The van der Waals surface area contributed by atoms with Gasteiger partial charge in [-0.1, -0.05) is 242 Å². The average molecular weight is 992 g/mol. The summed E-state index contributed by atoms with van der Waals surface area (Å²) in [5, 5.41) is 4.56. The van der Waals surface area contributed by atoms with Crippen molar-refractivity contribution in [2.24, 2.45) is 5.41 Å². The summed E-state index contributed by atoms with van der Waals surface area (Å²) < 4.78 is 4.74. The highest BCUT2D eigenvalue weighted by atomic mass is 15.2. The highest BCUT2D eigenvalue weighted by Gasteiger charge is 2.56. The maximum absolute atomic E-state index is 5.49. The van der Waals surface area contributed by atoms with Gasteiger partial charge in [-0.05, 0) is 108 Å². The molecule has 0 saturated carbocycles. The molecule has 3 aromatic heterocycles. The lowest BCUT2D eigenvalue weighted by Crippen LogP contribution is -2.42. The standard InChI is InChI=1S/C72H57N5/c1-70(2)61-41-38-54(45-62(61)71(3,4)72(70,5)6)52-26-17-25-51(42-52)53-27-19-29-56(44-53)76-63-32-15-13-30-57(63)59-39-40-60-58-31-14-16-33-64(58)77(66(60)65(59)76)69-74-67(49-36-34-48(35-37-49)46-20-9-7-10-21-46)73-68(75-69)55-28-18-24-50(43-55)47-22-11-8-12-23-47/h7-45H,1-6H3. The van der Waals surface area contributed by atoms with Gasteiger partial charge in [-0.3, -0.25) is 4.57 Å². The predicted octanol–water partition coefficient (Wildman–Crippen LogP) is 18.7. The fourth-order valence-electron chi connectivity index (χ4n) is 12.6. The second-order valence-electron chi connectivity index (χ2n) is 22.5. The van der Waals surface area contributed by atoms with Crippen LogP contribution in [0.25, 0.3) is 123 Å². The van der Waals surface area contributed by atoms with Crippen molar-refractivity contribution in [1.29, 1.82) is 0 Å². The summed E-state index contributed by atoms with van der Waals surface area (Å²) in [5.41, 5.74) is 19.5. The van der Waals surface area contributed by atoms with E-state index in [4.69, 9.17) is 15.0 Å². The monoisotopic (exact) mass is 991 g/mol. The normalized spacial score (nSPS) is 14.4. The van der Waals surface area contributed by atoms with Crippen LogP contribution in [0.3, 0.4) is 0 Å². The molecule has 10 aromatic carbocycles. The molecule has 0 bridgehead atoms. The molecule has 0 saturated heterocycles. The van der Waals surface area contributed by atoms with Gasteiger partial charge in [-0.2, -0.15) is 9.97 Å². The third-order valence-electron chi connectivity index (χ3n) is 17.9. The Kier molecular flexibility index (Phi) is 10.5. The summed E-state index contributed by atoms with van der Waals surface area (Å²) in [5.74, 6) is 1.74. The number of para-hydroxylation sites is 2. The van der Waals surface area contributed by atoms with E-state index >= 15 is 0 Å². The molecule has 0 atom stereocenters. The summed E-state index contributed by atoms with van der Waals surface area (Å²) in [7, 11) is 0. The fraction of sp³-hybridized carbons (Fsp3) is 0.125. The quantitative estimate of drug-likeness (QED) is 0.152. The number of hydrogen-bond donors (Lipinski definition) is 0. The Morgan fingerprint density at radius 3 is 1.34 bits per heavy atom. The molecule has 1 aliphatic carbocycles. The van der Waals surface area contributed by atoms with Crippen LogP contribution in [0.5, 0.6) is 0 Å². The number of nitrogens with zero attached hydrogens (tertiary/aromatic N) is 5. The van der Waals surface area contributed by atoms with Gasteiger partial charge >= 0.3 is 0 Å². The third kappa shape index (κ3) is 7.24. The Bertz CT molecular complexity index is 4460. The molecule has 0 unspecified atom stereocenters. The van der Waals surface area contributed by atoms with E-state index in [9.17, 15) is 0 Å². The lowest BCUT2D eigenvalue weighted by Gasteiger charge is -2.44. The van der Waals surface area contributed by atoms with Crippen molar-refractivity contribution in [3.05, 3.63) is 248 Å². The van der Waals surface area contributed by atoms with Gasteiger partial charge in [0.25, 0.3) is 0 Å². The minimum atomic E-state index is 0.0188. The van der Waals surface area contributed by atoms with E-state index in [1.54, 1.807) is 0 Å². The number of hydrogen-bond acceptors (Lipinski definition) is 3. The summed E-state index contributed by atoms with van der Waals surface area (Å²) in [6.45, 7) is 14.5. The van der Waals surface area contributed by atoms with E-state index in [0.717, 1.165) is 82.9 Å². The summed E-state index contributed by atoms with van der Waals surface area (Å²) in [4.78, 5) is 16.3. The Morgan fingerprint density at radius 2 is 0.701 bits per heavy atom. The van der Waals surface area contributed by atoms with Crippen LogP contribution in [0.4, 0.5) is 0 Å². The Labute approximate surface area is 449 Å². The maximum atomic E-state index is 5.49. The van der Waals surface area contributed by atoms with E-state index < -0.39 is 0 Å². The first-order valence-electron chi connectivity index (χ1n) is 26.8. The van der Waals surface area contributed by atoms with Crippen molar-refractivity contribution in [3.63, 3.8) is 0 Å². The van der Waals surface area contributed by atoms with Crippen LogP contribution in [-0.4, -0.2) is 24.1 Å². The molecule has 370 valence electrons. The zero-order valence-electron chi connectivity index (χ0n) is 44.3. The van der Waals surface area contributed by atoms with Crippen molar-refractivity contribution in [2.75, 3.05) is 0 Å². The molecule has 0 fully saturated rings. The SMILES string of the molecule is CC1(C)c2ccc(-c3cccc(-c4cccc(-n5c6ccccc6c6ccc7c8ccccc8n(-c8nc(-c9ccc(-c%10ccccc%10)cc9)nc(-c9cccc(-c%10ccccc%10)c9)n8)c7c65)c4)c3)cc2C(C)(C)C1(C)C. The maximum Gasteiger partial charge on any atom is 0.238 e. The first kappa shape index (κ1) is 46.3. The van der Waals surface area contributed by atoms with Crippen LogP contribution in [0.15, 0.2) is 237 Å². The lowest BCUT2D eigenvalue weighted by atomic mass is 9.59. The van der Waals surface area contributed by atoms with Gasteiger partial charge in [-0.15, -0.1) is 0 Å². The molecule has 0 aliphatic heterocycles. The minimum Gasteiger partial charge on any atom is -0.307 e. The first-order valence-corrected chi connectivity index (χ1v) is 26.8. The van der Waals surface area contributed by atoms with Crippen molar-refractivity contribution in [2.45, 2.75) is 52.4 Å². The average Bonchev–Trinajstić information content (AvgIpc) is 4.26. The molecule has 0 spiro atoms. The van der Waals surface area contributed by atoms with Gasteiger partial charge in [-0.25, -0.2) is 4.98 Å². The Morgan fingerprint density at radius 1 is 0.286 bits per heavy atom. The van der Waals surface area contributed by atoms with Crippen molar-refractivity contribution < 1.29 is 0 Å². The molecule has 5 heteroatoms. The molecule has 77 heavy (non-hydrogen) atoms. The van der Waals surface area contributed by atoms with Gasteiger partial charge in [0.2, 0.25) is 5.95 Å². The van der Waals surface area contributed by atoms with E-state index in [1.807, 2.05) is 6.07 Å². The van der Waals surface area contributed by atoms with Gasteiger partial charge in [0.15, 0.2) is 11.6 Å². The molecule has 13 aromatic rings. The summed E-state index contributed by atoms with van der Waals surface area (Å²) in [6, 6.07) is 85.4. The summed E-state index contributed by atoms with van der Waals surface area (Å²) in [6.07, 6.45) is 0. The molecule has 14 rings (SSSR count). The zero-order valence-corrected chi connectivity index (χ0v) is 44.3. The number of rotatable bonds is 8. The Hall–Kier alpha value is -9.19. The van der Waals surface area contributed by atoms with Crippen LogP contribution in [-0.2, 0) is 10.8 Å². The van der Waals surface area contributed by atoms with Crippen LogP contribution in [0.2, 0.25) is 0 Å². The molecule has 5 nitrogen and oxygen atoms in total. The molecule has 1 aliphatic rings. The smallest absolute Gasteiger partial charge is 0.238 e. The second kappa shape index (κ2) is 17.4. The zero-order chi connectivity index (χ0) is 52.2. The highest BCUT2D eigenvalue weighted by molar-refractivity contribution is 6.23. The molecule has 0 amide bonds. The van der Waals surface area contributed by atoms with Crippen molar-refractivity contribution >= 4 is 43.6 Å². The second-order valence-corrected chi connectivity index (χ2v) is 22.5. The number of aromatic nitrogens is 5. The van der Waals surface area contributed by atoms with Crippen LogP contribution < -0.4 is 0 Å². The molecule has 3 heterocycles. The van der Waals surface area contributed by atoms with Crippen LogP contribution in [0, 0.1) is 5.41 Å². The number of benzene rings is 10. The van der Waals surface area contributed by atoms with Crippen molar-refractivity contribution in [1.82, 2.24) is 24.1 Å². The van der Waals surface area contributed by atoms with Gasteiger partial charge < -0.3 is 4.57 Å². The lowest BCUT2D eigenvalue weighted by molar-refractivity contribution is 0.125. The van der Waals surface area contributed by atoms with Crippen LogP contribution >= 0.6 is 0 Å². The van der Waals surface area contributed by atoms with E-state index in [-0.39, 0.29) is 16.2 Å². The molecule has 0 radical (unpaired) electrons. The van der Waals surface area contributed by atoms with E-state index in [2.05, 4.69) is 281 Å². The van der Waals surface area contributed by atoms with E-state index in [0.29, 0.717) is 17.6 Å². The minimum absolute atomic E-state index is 0.0188. The fourth-order valence-corrected chi connectivity index (χ4v) is 12.6. The molecular weight excluding hydrogens is 935 g/mol. The van der Waals surface area contributed by atoms with E-state index in [1.165, 1.54) is 33.2 Å². The third-order valence-corrected chi connectivity index (χ3v) is 17.9. The molecule has 0 N–H and O–H groups in total. The van der Waals surface area contributed by atoms with Gasteiger partial charge in [0.05, 0.1) is 22.1 Å². The predicted molar refractivity (Wildman–Crippen MR) is 321 cm³/mol. The van der Waals surface area contributed by atoms with Crippen molar-refractivity contribution in [3.8, 4) is 78.9 Å². The van der Waals surface area contributed by atoms with Crippen LogP contribution in [0.1, 0.15) is 52.7 Å². The van der Waals surface area contributed by atoms with Gasteiger partial charge in [0.1, 0.15) is 0 Å². The summed E-state index contributed by atoms with van der Waals surface area (Å²) >= 11 is 0. The first-order chi connectivity index (χ1) is 37.4. The Balaban J connectivity index is 0.971. The topological polar surface area (TPSA) is 48.5 Å². The van der Waals surface area contributed by atoms with Gasteiger partial charge in [0, 0.05) is 38.4 Å². The number of fused-ring (bicyclic) bond motifs is 8. The largest absolute Gasteiger partial charge is 0.307 e. The molecular formula is C72H57N5.